The van der Waals surface area contributed by atoms with E-state index in [1.54, 1.807) is 18.2 Å². The lowest BCUT2D eigenvalue weighted by atomic mass is 10.2. The fraction of sp³-hybridized carbons (Fsp3) is 0.455. The van der Waals surface area contributed by atoms with Gasteiger partial charge in [0.05, 0.1) is 6.10 Å². The number of rotatable bonds is 4. The van der Waals surface area contributed by atoms with Crippen molar-refractivity contribution in [2.24, 2.45) is 5.73 Å². The second-order valence-corrected chi connectivity index (χ2v) is 3.27. The third kappa shape index (κ3) is 2.45. The number of hydrogen-bond donors (Lipinski definition) is 1. The van der Waals surface area contributed by atoms with Gasteiger partial charge in [-0.2, -0.15) is 0 Å². The van der Waals surface area contributed by atoms with Gasteiger partial charge in [-0.25, -0.2) is 4.39 Å². The highest BCUT2D eigenvalue weighted by molar-refractivity contribution is 5.31. The van der Waals surface area contributed by atoms with E-state index in [9.17, 15) is 4.39 Å². The van der Waals surface area contributed by atoms with Crippen LogP contribution in [-0.2, 0) is 6.54 Å². The molecule has 1 atom stereocenters. The van der Waals surface area contributed by atoms with Crippen molar-refractivity contribution in [3.8, 4) is 5.75 Å². The summed E-state index contributed by atoms with van der Waals surface area (Å²) in [6.45, 7) is 4.10. The fourth-order valence-electron chi connectivity index (χ4n) is 1.10. The van der Waals surface area contributed by atoms with Crippen LogP contribution in [-0.4, -0.2) is 6.10 Å². The number of hydrogen-bond acceptors (Lipinski definition) is 2. The minimum Gasteiger partial charge on any atom is -0.488 e. The molecule has 0 heterocycles. The van der Waals surface area contributed by atoms with Crippen LogP contribution in [0, 0.1) is 5.82 Å². The van der Waals surface area contributed by atoms with Crippen LogP contribution in [0.3, 0.4) is 0 Å². The van der Waals surface area contributed by atoms with Gasteiger partial charge in [0.2, 0.25) is 0 Å². The maximum Gasteiger partial charge on any atom is 0.169 e. The Morgan fingerprint density at radius 3 is 2.79 bits per heavy atom. The maximum absolute atomic E-state index is 13.6. The average molecular weight is 197 g/mol. The van der Waals surface area contributed by atoms with Gasteiger partial charge in [0.15, 0.2) is 11.6 Å². The molecule has 2 nitrogen and oxygen atoms in total. The van der Waals surface area contributed by atoms with Crippen LogP contribution in [0.2, 0.25) is 0 Å². The molecule has 78 valence electrons. The molecule has 1 rings (SSSR count). The summed E-state index contributed by atoms with van der Waals surface area (Å²) in [5.41, 5.74) is 5.88. The van der Waals surface area contributed by atoms with Crippen molar-refractivity contribution in [1.82, 2.24) is 0 Å². The Labute approximate surface area is 83.9 Å². The summed E-state index contributed by atoms with van der Waals surface area (Å²) < 4.78 is 19.0. The highest BCUT2D eigenvalue weighted by Gasteiger charge is 2.09. The van der Waals surface area contributed by atoms with Crippen LogP contribution in [0.5, 0.6) is 5.75 Å². The van der Waals surface area contributed by atoms with Gasteiger partial charge in [-0.05, 0) is 19.4 Å². The summed E-state index contributed by atoms with van der Waals surface area (Å²) in [7, 11) is 0. The van der Waals surface area contributed by atoms with Crippen molar-refractivity contribution in [2.45, 2.75) is 32.9 Å². The van der Waals surface area contributed by atoms with E-state index in [2.05, 4.69) is 0 Å². The second-order valence-electron chi connectivity index (χ2n) is 3.27. The zero-order valence-electron chi connectivity index (χ0n) is 8.59. The predicted octanol–water partition coefficient (Wildman–Crippen LogP) is 2.46. The molecule has 14 heavy (non-hydrogen) atoms. The molecule has 0 bridgehead atoms. The molecule has 0 aliphatic rings. The molecular formula is C11H16FNO. The van der Waals surface area contributed by atoms with E-state index in [4.69, 9.17) is 10.5 Å². The van der Waals surface area contributed by atoms with Crippen LogP contribution >= 0.6 is 0 Å². The molecule has 0 fully saturated rings. The van der Waals surface area contributed by atoms with Crippen LogP contribution < -0.4 is 10.5 Å². The Morgan fingerprint density at radius 2 is 2.21 bits per heavy atom. The summed E-state index contributed by atoms with van der Waals surface area (Å²) >= 11 is 0. The van der Waals surface area contributed by atoms with E-state index in [0.717, 1.165) is 6.42 Å². The lowest BCUT2D eigenvalue weighted by Crippen LogP contribution is -2.12. The summed E-state index contributed by atoms with van der Waals surface area (Å²) in [6, 6.07) is 5.04. The molecule has 0 aromatic heterocycles. The number of ether oxygens (including phenoxy) is 1. The van der Waals surface area contributed by atoms with E-state index in [-0.39, 0.29) is 18.5 Å². The average Bonchev–Trinajstić information content (AvgIpc) is 2.21. The van der Waals surface area contributed by atoms with Crippen molar-refractivity contribution in [1.29, 1.82) is 0 Å². The van der Waals surface area contributed by atoms with Crippen LogP contribution in [0.25, 0.3) is 0 Å². The van der Waals surface area contributed by atoms with Crippen LogP contribution in [0.4, 0.5) is 4.39 Å². The zero-order chi connectivity index (χ0) is 10.6. The van der Waals surface area contributed by atoms with Gasteiger partial charge in [0.1, 0.15) is 0 Å². The molecule has 0 aliphatic heterocycles. The van der Waals surface area contributed by atoms with Gasteiger partial charge < -0.3 is 10.5 Å². The molecule has 0 spiro atoms. The van der Waals surface area contributed by atoms with Crippen LogP contribution in [0.1, 0.15) is 25.8 Å². The molecule has 0 saturated heterocycles. The highest BCUT2D eigenvalue weighted by Crippen LogP contribution is 2.21. The fourth-order valence-corrected chi connectivity index (χ4v) is 1.10. The lowest BCUT2D eigenvalue weighted by molar-refractivity contribution is 0.207. The van der Waals surface area contributed by atoms with Gasteiger partial charge in [0.25, 0.3) is 0 Å². The number of benzene rings is 1. The summed E-state index contributed by atoms with van der Waals surface area (Å²) in [6.07, 6.45) is 0.879. The number of nitrogens with two attached hydrogens (primary N) is 1. The minimum absolute atomic E-state index is 0.0255. The van der Waals surface area contributed by atoms with Crippen molar-refractivity contribution >= 4 is 0 Å². The first kappa shape index (κ1) is 11.0. The third-order valence-electron chi connectivity index (χ3n) is 2.17. The molecule has 0 saturated carbocycles. The Morgan fingerprint density at radius 1 is 1.50 bits per heavy atom. The van der Waals surface area contributed by atoms with E-state index in [0.29, 0.717) is 11.3 Å². The zero-order valence-corrected chi connectivity index (χ0v) is 8.59. The normalized spacial score (nSPS) is 12.6. The first-order valence-electron chi connectivity index (χ1n) is 4.83. The minimum atomic E-state index is -0.338. The molecule has 0 aliphatic carbocycles. The topological polar surface area (TPSA) is 35.2 Å². The largest absolute Gasteiger partial charge is 0.488 e. The first-order chi connectivity index (χ1) is 6.69. The molecule has 1 aromatic carbocycles. The predicted molar refractivity (Wildman–Crippen MR) is 54.7 cm³/mol. The molecular weight excluding hydrogens is 181 g/mol. The molecule has 0 amide bonds. The second kappa shape index (κ2) is 4.96. The molecule has 2 N–H and O–H groups in total. The van der Waals surface area contributed by atoms with Gasteiger partial charge in [-0.15, -0.1) is 0 Å². The van der Waals surface area contributed by atoms with E-state index >= 15 is 0 Å². The SMILES string of the molecule is CC[C@H](C)Oc1cccc(CN)c1F. The van der Waals surface area contributed by atoms with Gasteiger partial charge >= 0.3 is 0 Å². The van der Waals surface area contributed by atoms with Crippen molar-refractivity contribution < 1.29 is 9.13 Å². The lowest BCUT2D eigenvalue weighted by Gasteiger charge is -2.14. The third-order valence-corrected chi connectivity index (χ3v) is 2.17. The Kier molecular flexibility index (Phi) is 3.89. The summed E-state index contributed by atoms with van der Waals surface area (Å²) in [5, 5.41) is 0. The van der Waals surface area contributed by atoms with Gasteiger partial charge in [0, 0.05) is 12.1 Å². The van der Waals surface area contributed by atoms with E-state index in [1.807, 2.05) is 13.8 Å². The summed E-state index contributed by atoms with van der Waals surface area (Å²) in [4.78, 5) is 0. The number of halogens is 1. The standard InChI is InChI=1S/C11H16FNO/c1-3-8(2)14-10-6-4-5-9(7-13)11(10)12/h4-6,8H,3,7,13H2,1-2H3/t8-/m0/s1. The van der Waals surface area contributed by atoms with Gasteiger partial charge in [-0.1, -0.05) is 19.1 Å². The van der Waals surface area contributed by atoms with E-state index in [1.165, 1.54) is 0 Å². The first-order valence-corrected chi connectivity index (χ1v) is 4.83. The van der Waals surface area contributed by atoms with Gasteiger partial charge in [-0.3, -0.25) is 0 Å². The molecule has 0 radical (unpaired) electrons. The Bertz CT molecular complexity index is 301. The molecule has 1 aromatic rings. The Hall–Kier alpha value is -1.09. The monoisotopic (exact) mass is 197 g/mol. The highest BCUT2D eigenvalue weighted by atomic mass is 19.1. The molecule has 3 heteroatoms. The van der Waals surface area contributed by atoms with Crippen molar-refractivity contribution in [2.75, 3.05) is 0 Å². The maximum atomic E-state index is 13.6. The smallest absolute Gasteiger partial charge is 0.169 e. The quantitative estimate of drug-likeness (QED) is 0.804. The van der Waals surface area contributed by atoms with Crippen LogP contribution in [0.15, 0.2) is 18.2 Å². The van der Waals surface area contributed by atoms with E-state index < -0.39 is 0 Å². The van der Waals surface area contributed by atoms with Crippen molar-refractivity contribution in [3.05, 3.63) is 29.6 Å². The summed E-state index contributed by atoms with van der Waals surface area (Å²) in [5.74, 6) is -0.0439. The Balaban J connectivity index is 2.86. The molecule has 0 unspecified atom stereocenters. The van der Waals surface area contributed by atoms with Crippen molar-refractivity contribution in [3.63, 3.8) is 0 Å².